The highest BCUT2D eigenvalue weighted by Crippen LogP contribution is 2.09. The summed E-state index contributed by atoms with van der Waals surface area (Å²) in [5, 5.41) is 4.93. The van der Waals surface area contributed by atoms with Gasteiger partial charge < -0.3 is 10.2 Å². The molecule has 0 saturated carbocycles. The molecule has 0 unspecified atom stereocenters. The van der Waals surface area contributed by atoms with Crippen LogP contribution in [0.5, 0.6) is 0 Å². The van der Waals surface area contributed by atoms with Crippen LogP contribution in [-0.4, -0.2) is 55.0 Å². The zero-order valence-corrected chi connectivity index (χ0v) is 14.8. The minimum atomic E-state index is 0.0534. The fourth-order valence-corrected chi connectivity index (χ4v) is 3.65. The molecular weight excluding hydrogens is 318 g/mol. The number of nitrogens with one attached hydrogen (secondary N) is 1. The number of thiophene rings is 1. The fraction of sp³-hybridized carbons (Fsp3) is 0.421. The number of hydrogen-bond acceptors (Lipinski definition) is 4. The summed E-state index contributed by atoms with van der Waals surface area (Å²) in [6.45, 7) is 7.33. The van der Waals surface area contributed by atoms with Crippen LogP contribution >= 0.6 is 11.3 Å². The lowest BCUT2D eigenvalue weighted by atomic mass is 10.2. The number of rotatable bonds is 7. The predicted octanol–water partition coefficient (Wildman–Crippen LogP) is 2.69. The number of piperazine rings is 1. The van der Waals surface area contributed by atoms with E-state index in [1.165, 1.54) is 16.9 Å². The second-order valence-electron chi connectivity index (χ2n) is 6.19. The van der Waals surface area contributed by atoms with Crippen molar-refractivity contribution in [3.05, 3.63) is 58.3 Å². The standard InChI is InChI=1S/C19H25N3OS/c23-19(18-8-4-15-24-18)20-9-5-10-21-11-13-22(14-12-21)16-17-6-2-1-3-7-17/h1-4,6-8,15H,5,9-14,16H2,(H,20,23). The van der Waals surface area contributed by atoms with E-state index < -0.39 is 0 Å². The van der Waals surface area contributed by atoms with Crippen molar-refractivity contribution < 1.29 is 4.79 Å². The van der Waals surface area contributed by atoms with Gasteiger partial charge in [-0.25, -0.2) is 0 Å². The van der Waals surface area contributed by atoms with Crippen LogP contribution in [0.25, 0.3) is 0 Å². The fourth-order valence-electron chi connectivity index (χ4n) is 3.01. The topological polar surface area (TPSA) is 35.6 Å². The van der Waals surface area contributed by atoms with Gasteiger partial charge in [0.25, 0.3) is 5.91 Å². The number of nitrogens with zero attached hydrogens (tertiary/aromatic N) is 2. The zero-order chi connectivity index (χ0) is 16.6. The maximum atomic E-state index is 11.9. The van der Waals surface area contributed by atoms with E-state index in [1.54, 1.807) is 0 Å². The average molecular weight is 343 g/mol. The van der Waals surface area contributed by atoms with Gasteiger partial charge in [0.1, 0.15) is 0 Å². The summed E-state index contributed by atoms with van der Waals surface area (Å²) in [6, 6.07) is 14.5. The summed E-state index contributed by atoms with van der Waals surface area (Å²) >= 11 is 1.49. The molecule has 0 atom stereocenters. The summed E-state index contributed by atoms with van der Waals surface area (Å²) in [4.78, 5) is 17.7. The third-order valence-corrected chi connectivity index (χ3v) is 5.26. The summed E-state index contributed by atoms with van der Waals surface area (Å²) in [6.07, 6.45) is 1.01. The van der Waals surface area contributed by atoms with Crippen molar-refractivity contribution in [3.8, 4) is 0 Å². The molecule has 1 N–H and O–H groups in total. The van der Waals surface area contributed by atoms with E-state index in [0.717, 1.165) is 57.1 Å². The van der Waals surface area contributed by atoms with Crippen LogP contribution in [-0.2, 0) is 6.54 Å². The highest BCUT2D eigenvalue weighted by molar-refractivity contribution is 7.12. The maximum absolute atomic E-state index is 11.9. The van der Waals surface area contributed by atoms with Crippen molar-refractivity contribution in [3.63, 3.8) is 0 Å². The van der Waals surface area contributed by atoms with Crippen LogP contribution in [0.1, 0.15) is 21.7 Å². The Morgan fingerprint density at radius 2 is 1.75 bits per heavy atom. The SMILES string of the molecule is O=C(NCCCN1CCN(Cc2ccccc2)CC1)c1cccs1. The third-order valence-electron chi connectivity index (χ3n) is 4.40. The monoisotopic (exact) mass is 343 g/mol. The van der Waals surface area contributed by atoms with Crippen LogP contribution in [0.3, 0.4) is 0 Å². The van der Waals surface area contributed by atoms with Crippen molar-refractivity contribution in [1.29, 1.82) is 0 Å². The second kappa shape index (κ2) is 8.97. The summed E-state index contributed by atoms with van der Waals surface area (Å²) in [7, 11) is 0. The van der Waals surface area contributed by atoms with E-state index in [9.17, 15) is 4.79 Å². The number of carbonyl (C=O) groups is 1. The molecule has 0 bridgehead atoms. The smallest absolute Gasteiger partial charge is 0.261 e. The third kappa shape index (κ3) is 5.16. The Morgan fingerprint density at radius 3 is 2.46 bits per heavy atom. The first-order chi connectivity index (χ1) is 11.8. The molecule has 0 aliphatic carbocycles. The van der Waals surface area contributed by atoms with E-state index in [0.29, 0.717) is 0 Å². The molecule has 2 heterocycles. The van der Waals surface area contributed by atoms with Crippen molar-refractivity contribution in [2.45, 2.75) is 13.0 Å². The Labute approximate surface area is 148 Å². The van der Waals surface area contributed by atoms with Gasteiger partial charge in [-0.2, -0.15) is 0 Å². The molecule has 1 amide bonds. The number of carbonyl (C=O) groups excluding carboxylic acids is 1. The van der Waals surface area contributed by atoms with Crippen LogP contribution in [0.2, 0.25) is 0 Å². The molecule has 1 aromatic carbocycles. The molecule has 1 saturated heterocycles. The summed E-state index contributed by atoms with van der Waals surface area (Å²) in [5.74, 6) is 0.0534. The molecule has 0 radical (unpaired) electrons. The largest absolute Gasteiger partial charge is 0.351 e. The normalized spacial score (nSPS) is 16.2. The van der Waals surface area contributed by atoms with E-state index >= 15 is 0 Å². The number of amides is 1. The van der Waals surface area contributed by atoms with Gasteiger partial charge in [0.15, 0.2) is 0 Å². The maximum Gasteiger partial charge on any atom is 0.261 e. The highest BCUT2D eigenvalue weighted by atomic mass is 32.1. The quantitative estimate of drug-likeness (QED) is 0.785. The minimum absolute atomic E-state index is 0.0534. The molecule has 2 aromatic rings. The van der Waals surface area contributed by atoms with Gasteiger partial charge >= 0.3 is 0 Å². The van der Waals surface area contributed by atoms with Crippen molar-refractivity contribution in [2.24, 2.45) is 0 Å². The van der Waals surface area contributed by atoms with Gasteiger partial charge in [0.05, 0.1) is 4.88 Å². The first-order valence-corrected chi connectivity index (χ1v) is 9.49. The Hall–Kier alpha value is -1.69. The van der Waals surface area contributed by atoms with E-state index in [-0.39, 0.29) is 5.91 Å². The van der Waals surface area contributed by atoms with E-state index in [4.69, 9.17) is 0 Å². The Kier molecular flexibility index (Phi) is 6.41. The minimum Gasteiger partial charge on any atom is -0.351 e. The second-order valence-corrected chi connectivity index (χ2v) is 7.14. The van der Waals surface area contributed by atoms with Crippen molar-refractivity contribution >= 4 is 17.2 Å². The average Bonchev–Trinajstić information content (AvgIpc) is 3.16. The van der Waals surface area contributed by atoms with Gasteiger partial charge in [-0.1, -0.05) is 36.4 Å². The lowest BCUT2D eigenvalue weighted by molar-refractivity contribution is 0.0951. The molecule has 1 aliphatic rings. The molecule has 5 heteroatoms. The molecule has 1 aliphatic heterocycles. The Morgan fingerprint density at radius 1 is 1.00 bits per heavy atom. The molecule has 1 aromatic heterocycles. The molecule has 0 spiro atoms. The Balaban J connectivity index is 1.29. The van der Waals surface area contributed by atoms with Crippen LogP contribution < -0.4 is 5.32 Å². The summed E-state index contributed by atoms with van der Waals surface area (Å²) < 4.78 is 0. The van der Waals surface area contributed by atoms with Gasteiger partial charge in [0, 0.05) is 39.3 Å². The predicted molar refractivity (Wildman–Crippen MR) is 99.4 cm³/mol. The highest BCUT2D eigenvalue weighted by Gasteiger charge is 2.16. The molecule has 128 valence electrons. The Bertz CT molecular complexity index is 607. The lowest BCUT2D eigenvalue weighted by Gasteiger charge is -2.34. The van der Waals surface area contributed by atoms with Gasteiger partial charge in [0.2, 0.25) is 0 Å². The molecule has 24 heavy (non-hydrogen) atoms. The van der Waals surface area contributed by atoms with Crippen molar-refractivity contribution in [2.75, 3.05) is 39.3 Å². The van der Waals surface area contributed by atoms with Gasteiger partial charge in [-0.15, -0.1) is 11.3 Å². The van der Waals surface area contributed by atoms with Crippen LogP contribution in [0, 0.1) is 0 Å². The summed E-state index contributed by atoms with van der Waals surface area (Å²) in [5.41, 5.74) is 1.39. The first kappa shape index (κ1) is 17.1. The van der Waals surface area contributed by atoms with E-state index in [1.807, 2.05) is 17.5 Å². The van der Waals surface area contributed by atoms with Crippen LogP contribution in [0.4, 0.5) is 0 Å². The molecule has 1 fully saturated rings. The zero-order valence-electron chi connectivity index (χ0n) is 14.0. The molecule has 4 nitrogen and oxygen atoms in total. The number of benzene rings is 1. The molecular formula is C19H25N3OS. The van der Waals surface area contributed by atoms with Gasteiger partial charge in [-0.05, 0) is 30.0 Å². The first-order valence-electron chi connectivity index (χ1n) is 8.61. The molecule has 3 rings (SSSR count). The number of hydrogen-bond donors (Lipinski definition) is 1. The van der Waals surface area contributed by atoms with Gasteiger partial charge in [-0.3, -0.25) is 9.69 Å². The lowest BCUT2D eigenvalue weighted by Crippen LogP contribution is -2.46. The van der Waals surface area contributed by atoms with E-state index in [2.05, 4.69) is 45.4 Å². The van der Waals surface area contributed by atoms with Crippen molar-refractivity contribution in [1.82, 2.24) is 15.1 Å². The van der Waals surface area contributed by atoms with Crippen LogP contribution in [0.15, 0.2) is 47.8 Å².